The van der Waals surface area contributed by atoms with Gasteiger partial charge in [-0.05, 0) is 67.6 Å². The van der Waals surface area contributed by atoms with E-state index in [0.29, 0.717) is 5.56 Å². The van der Waals surface area contributed by atoms with Crippen LogP contribution < -0.4 is 0 Å². The Morgan fingerprint density at radius 2 is 1.72 bits per heavy atom. The maximum absolute atomic E-state index is 11.6. The minimum absolute atomic E-state index is 0.373. The lowest BCUT2D eigenvalue weighted by molar-refractivity contribution is -0.158. The maximum Gasteiger partial charge on any atom is 0.344 e. The quantitative estimate of drug-likeness (QED) is 0.613. The van der Waals surface area contributed by atoms with E-state index in [2.05, 4.69) is 22.6 Å². The molecule has 18 heavy (non-hydrogen) atoms. The van der Waals surface area contributed by atoms with Gasteiger partial charge >= 0.3 is 11.9 Å². The number of carbonyl (C=O) groups excluding carboxylic acids is 2. The standard InChI is InChI=1S/C13H15IO4/c1-13(2,3)18-11(15)8-17-12(16)9-4-6-10(14)7-5-9/h4-7H,8H2,1-3H3. The molecule has 0 atom stereocenters. The number of benzene rings is 1. The molecule has 0 saturated heterocycles. The van der Waals surface area contributed by atoms with E-state index in [4.69, 9.17) is 9.47 Å². The summed E-state index contributed by atoms with van der Waals surface area (Å²) in [7, 11) is 0. The smallest absolute Gasteiger partial charge is 0.344 e. The van der Waals surface area contributed by atoms with Gasteiger partial charge in [-0.25, -0.2) is 9.59 Å². The Hall–Kier alpha value is -1.11. The third-order valence-electron chi connectivity index (χ3n) is 1.82. The molecule has 0 bridgehead atoms. The van der Waals surface area contributed by atoms with Crippen LogP contribution in [0.1, 0.15) is 31.1 Å². The van der Waals surface area contributed by atoms with Crippen molar-refractivity contribution in [3.63, 3.8) is 0 Å². The van der Waals surface area contributed by atoms with Crippen LogP contribution in [0, 0.1) is 3.57 Å². The zero-order valence-corrected chi connectivity index (χ0v) is 12.7. The Balaban J connectivity index is 2.47. The fraction of sp³-hybridized carbons (Fsp3) is 0.385. The van der Waals surface area contributed by atoms with Crippen LogP contribution >= 0.6 is 22.6 Å². The Labute approximate surface area is 120 Å². The van der Waals surface area contributed by atoms with Gasteiger partial charge in [0.25, 0.3) is 0 Å². The van der Waals surface area contributed by atoms with Crippen LogP contribution in [0.4, 0.5) is 0 Å². The molecular formula is C13H15IO4. The van der Waals surface area contributed by atoms with Crippen molar-refractivity contribution in [1.82, 2.24) is 0 Å². The van der Waals surface area contributed by atoms with E-state index in [1.54, 1.807) is 45.0 Å². The molecule has 0 aliphatic heterocycles. The van der Waals surface area contributed by atoms with E-state index in [9.17, 15) is 9.59 Å². The van der Waals surface area contributed by atoms with Crippen molar-refractivity contribution < 1.29 is 19.1 Å². The lowest BCUT2D eigenvalue weighted by atomic mass is 10.2. The molecule has 0 spiro atoms. The molecule has 0 amide bonds. The Kier molecular flexibility index (Phi) is 5.13. The molecule has 0 aliphatic rings. The molecule has 0 radical (unpaired) electrons. The highest BCUT2D eigenvalue weighted by molar-refractivity contribution is 14.1. The summed E-state index contributed by atoms with van der Waals surface area (Å²) in [6, 6.07) is 6.90. The van der Waals surface area contributed by atoms with Crippen LogP contribution in [-0.4, -0.2) is 24.1 Å². The number of ether oxygens (including phenoxy) is 2. The highest BCUT2D eigenvalue weighted by Crippen LogP contribution is 2.09. The number of hydrogen-bond acceptors (Lipinski definition) is 4. The highest BCUT2D eigenvalue weighted by Gasteiger charge is 2.18. The van der Waals surface area contributed by atoms with Crippen molar-refractivity contribution in [3.05, 3.63) is 33.4 Å². The molecule has 0 heterocycles. The van der Waals surface area contributed by atoms with Gasteiger partial charge in [0.1, 0.15) is 5.60 Å². The Morgan fingerprint density at radius 3 is 2.22 bits per heavy atom. The van der Waals surface area contributed by atoms with Gasteiger partial charge in [-0.15, -0.1) is 0 Å². The predicted molar refractivity (Wildman–Crippen MR) is 75.3 cm³/mol. The second kappa shape index (κ2) is 6.17. The van der Waals surface area contributed by atoms with Crippen LogP contribution in [0.5, 0.6) is 0 Å². The van der Waals surface area contributed by atoms with E-state index in [0.717, 1.165) is 3.57 Å². The summed E-state index contributed by atoms with van der Waals surface area (Å²) in [5.41, 5.74) is -0.161. The third-order valence-corrected chi connectivity index (χ3v) is 2.54. The Bertz CT molecular complexity index is 431. The third kappa shape index (κ3) is 5.48. The summed E-state index contributed by atoms with van der Waals surface area (Å²) in [4.78, 5) is 22.9. The summed E-state index contributed by atoms with van der Waals surface area (Å²) in [6.07, 6.45) is 0. The monoisotopic (exact) mass is 362 g/mol. The van der Waals surface area contributed by atoms with Gasteiger partial charge in [0.05, 0.1) is 5.56 Å². The second-order valence-electron chi connectivity index (χ2n) is 4.67. The molecule has 0 fully saturated rings. The zero-order valence-electron chi connectivity index (χ0n) is 10.5. The summed E-state index contributed by atoms with van der Waals surface area (Å²) >= 11 is 2.14. The van der Waals surface area contributed by atoms with Crippen molar-refractivity contribution in [2.24, 2.45) is 0 Å². The van der Waals surface area contributed by atoms with E-state index >= 15 is 0 Å². The van der Waals surface area contributed by atoms with Gasteiger partial charge in [0.15, 0.2) is 6.61 Å². The van der Waals surface area contributed by atoms with Crippen molar-refractivity contribution in [1.29, 1.82) is 0 Å². The number of halogens is 1. The first-order valence-electron chi connectivity index (χ1n) is 5.42. The molecule has 1 rings (SSSR count). The summed E-state index contributed by atoms with van der Waals surface area (Å²) in [5.74, 6) is -1.08. The number of carbonyl (C=O) groups is 2. The van der Waals surface area contributed by atoms with Crippen molar-refractivity contribution in [2.75, 3.05) is 6.61 Å². The zero-order chi connectivity index (χ0) is 13.8. The SMILES string of the molecule is CC(C)(C)OC(=O)COC(=O)c1ccc(I)cc1. The first-order chi connectivity index (χ1) is 8.28. The van der Waals surface area contributed by atoms with Gasteiger partial charge in [0.2, 0.25) is 0 Å². The largest absolute Gasteiger partial charge is 0.457 e. The molecular weight excluding hydrogens is 347 g/mol. The van der Waals surface area contributed by atoms with Crippen LogP contribution in [0.3, 0.4) is 0 Å². The van der Waals surface area contributed by atoms with Crippen molar-refractivity contribution in [3.8, 4) is 0 Å². The van der Waals surface area contributed by atoms with Crippen LogP contribution in [0.15, 0.2) is 24.3 Å². The summed E-state index contributed by atoms with van der Waals surface area (Å²) in [6.45, 7) is 4.89. The van der Waals surface area contributed by atoms with Crippen molar-refractivity contribution in [2.45, 2.75) is 26.4 Å². The normalized spacial score (nSPS) is 10.9. The first-order valence-corrected chi connectivity index (χ1v) is 6.50. The average molecular weight is 362 g/mol. The molecule has 98 valence electrons. The van der Waals surface area contributed by atoms with Gasteiger partial charge in [0, 0.05) is 3.57 Å². The molecule has 1 aromatic carbocycles. The van der Waals surface area contributed by atoms with Crippen LogP contribution in [-0.2, 0) is 14.3 Å². The minimum atomic E-state index is -0.577. The first kappa shape index (κ1) is 14.9. The fourth-order valence-electron chi connectivity index (χ4n) is 1.16. The molecule has 5 heteroatoms. The second-order valence-corrected chi connectivity index (χ2v) is 5.92. The molecule has 0 saturated carbocycles. The topological polar surface area (TPSA) is 52.6 Å². The van der Waals surface area contributed by atoms with Gasteiger partial charge in [-0.2, -0.15) is 0 Å². The summed E-state index contributed by atoms with van der Waals surface area (Å²) < 4.78 is 10.9. The van der Waals surface area contributed by atoms with Gasteiger partial charge in [-0.3, -0.25) is 0 Å². The van der Waals surface area contributed by atoms with Gasteiger partial charge < -0.3 is 9.47 Å². The molecule has 4 nitrogen and oxygen atoms in total. The molecule has 0 aromatic heterocycles. The number of esters is 2. The molecule has 0 N–H and O–H groups in total. The van der Waals surface area contributed by atoms with E-state index < -0.39 is 17.5 Å². The highest BCUT2D eigenvalue weighted by atomic mass is 127. The lowest BCUT2D eigenvalue weighted by Gasteiger charge is -2.19. The molecule has 1 aromatic rings. The number of rotatable bonds is 3. The van der Waals surface area contributed by atoms with E-state index in [1.165, 1.54) is 0 Å². The van der Waals surface area contributed by atoms with E-state index in [-0.39, 0.29) is 6.61 Å². The summed E-state index contributed by atoms with van der Waals surface area (Å²) in [5, 5.41) is 0. The van der Waals surface area contributed by atoms with Gasteiger partial charge in [-0.1, -0.05) is 0 Å². The molecule has 0 unspecified atom stereocenters. The van der Waals surface area contributed by atoms with Crippen LogP contribution in [0.25, 0.3) is 0 Å². The average Bonchev–Trinajstić information content (AvgIpc) is 2.24. The van der Waals surface area contributed by atoms with Crippen molar-refractivity contribution >= 4 is 34.5 Å². The van der Waals surface area contributed by atoms with E-state index in [1.807, 2.05) is 0 Å². The number of hydrogen-bond donors (Lipinski definition) is 0. The maximum atomic E-state index is 11.6. The minimum Gasteiger partial charge on any atom is -0.457 e. The predicted octanol–water partition coefficient (Wildman–Crippen LogP) is 2.79. The Morgan fingerprint density at radius 1 is 1.17 bits per heavy atom. The molecule has 0 aliphatic carbocycles. The van der Waals surface area contributed by atoms with Crippen LogP contribution in [0.2, 0.25) is 0 Å². The lowest BCUT2D eigenvalue weighted by Crippen LogP contribution is -2.27. The fourth-order valence-corrected chi connectivity index (χ4v) is 1.52.